The van der Waals surface area contributed by atoms with Crippen LogP contribution < -0.4 is 10.1 Å². The molecule has 2 unspecified atom stereocenters. The molecule has 0 amide bonds. The minimum absolute atomic E-state index is 0.170. The number of para-hydroxylation sites is 1. The van der Waals surface area contributed by atoms with Crippen molar-refractivity contribution in [1.29, 1.82) is 0 Å². The van der Waals surface area contributed by atoms with Crippen molar-refractivity contribution in [2.75, 3.05) is 40.1 Å². The van der Waals surface area contributed by atoms with Crippen molar-refractivity contribution in [3.63, 3.8) is 0 Å². The van der Waals surface area contributed by atoms with Gasteiger partial charge in [0.1, 0.15) is 5.75 Å². The van der Waals surface area contributed by atoms with E-state index in [-0.39, 0.29) is 6.04 Å². The van der Waals surface area contributed by atoms with Gasteiger partial charge in [-0.1, -0.05) is 25.1 Å². The van der Waals surface area contributed by atoms with Gasteiger partial charge in [-0.3, -0.25) is 0 Å². The van der Waals surface area contributed by atoms with E-state index in [9.17, 15) is 0 Å². The Kier molecular flexibility index (Phi) is 7.00. The van der Waals surface area contributed by atoms with E-state index in [2.05, 4.69) is 18.3 Å². The molecule has 1 aromatic carbocycles. The van der Waals surface area contributed by atoms with E-state index in [1.165, 1.54) is 0 Å². The maximum absolute atomic E-state index is 5.93. The van der Waals surface area contributed by atoms with Crippen molar-refractivity contribution in [2.24, 2.45) is 5.92 Å². The molecule has 1 aliphatic heterocycles. The summed E-state index contributed by atoms with van der Waals surface area (Å²) < 4.78 is 16.8. The summed E-state index contributed by atoms with van der Waals surface area (Å²) in [6.45, 7) is 6.29. The summed E-state index contributed by atoms with van der Waals surface area (Å²) in [5, 5.41) is 3.55. The van der Waals surface area contributed by atoms with Crippen LogP contribution in [0.2, 0.25) is 0 Å². The second kappa shape index (κ2) is 9.03. The summed E-state index contributed by atoms with van der Waals surface area (Å²) in [4.78, 5) is 0. The van der Waals surface area contributed by atoms with Crippen molar-refractivity contribution >= 4 is 0 Å². The second-order valence-electron chi connectivity index (χ2n) is 5.52. The monoisotopic (exact) mass is 293 g/mol. The first-order valence-electron chi connectivity index (χ1n) is 7.87. The molecule has 1 saturated heterocycles. The lowest BCUT2D eigenvalue weighted by molar-refractivity contribution is 0.0739. The third kappa shape index (κ3) is 4.99. The molecule has 1 heterocycles. The van der Waals surface area contributed by atoms with Gasteiger partial charge in [0.15, 0.2) is 0 Å². The molecule has 1 N–H and O–H groups in total. The molecule has 1 aromatic rings. The van der Waals surface area contributed by atoms with Gasteiger partial charge in [0.25, 0.3) is 0 Å². The van der Waals surface area contributed by atoms with Gasteiger partial charge < -0.3 is 19.5 Å². The standard InChI is InChI=1S/C17H27NO3/c1-3-9-18-16(13-21-12-14-8-10-20-11-14)15-6-4-5-7-17(15)19-2/h4-7,14,16,18H,3,8-13H2,1-2H3. The van der Waals surface area contributed by atoms with Crippen molar-refractivity contribution in [3.8, 4) is 5.75 Å². The lowest BCUT2D eigenvalue weighted by Gasteiger charge is -2.22. The Labute approximate surface area is 127 Å². The van der Waals surface area contributed by atoms with Gasteiger partial charge in [0.05, 0.1) is 33.0 Å². The van der Waals surface area contributed by atoms with Crippen LogP contribution in [0, 0.1) is 5.92 Å². The predicted octanol–water partition coefficient (Wildman–Crippen LogP) is 2.79. The highest BCUT2D eigenvalue weighted by atomic mass is 16.5. The van der Waals surface area contributed by atoms with Crippen LogP contribution >= 0.6 is 0 Å². The molecule has 4 heteroatoms. The second-order valence-corrected chi connectivity index (χ2v) is 5.52. The Morgan fingerprint density at radius 3 is 2.95 bits per heavy atom. The number of rotatable bonds is 9. The number of methoxy groups -OCH3 is 1. The van der Waals surface area contributed by atoms with Gasteiger partial charge in [0, 0.05) is 18.1 Å². The van der Waals surface area contributed by atoms with E-state index < -0.39 is 0 Å². The fourth-order valence-corrected chi connectivity index (χ4v) is 2.60. The molecular formula is C17H27NO3. The average molecular weight is 293 g/mol. The zero-order valence-electron chi connectivity index (χ0n) is 13.1. The molecule has 2 rings (SSSR count). The van der Waals surface area contributed by atoms with Crippen LogP contribution in [0.3, 0.4) is 0 Å². The third-order valence-electron chi connectivity index (χ3n) is 3.82. The summed E-state index contributed by atoms with van der Waals surface area (Å²) >= 11 is 0. The highest BCUT2D eigenvalue weighted by molar-refractivity contribution is 5.35. The lowest BCUT2D eigenvalue weighted by atomic mass is 10.1. The summed E-state index contributed by atoms with van der Waals surface area (Å²) in [5.41, 5.74) is 1.16. The van der Waals surface area contributed by atoms with E-state index >= 15 is 0 Å². The smallest absolute Gasteiger partial charge is 0.123 e. The molecule has 118 valence electrons. The van der Waals surface area contributed by atoms with Crippen molar-refractivity contribution in [1.82, 2.24) is 5.32 Å². The highest BCUT2D eigenvalue weighted by Gasteiger charge is 2.19. The molecule has 1 aliphatic rings. The van der Waals surface area contributed by atoms with E-state index in [4.69, 9.17) is 14.2 Å². The number of hydrogen-bond donors (Lipinski definition) is 1. The van der Waals surface area contributed by atoms with E-state index in [0.717, 1.165) is 50.5 Å². The minimum Gasteiger partial charge on any atom is -0.496 e. The van der Waals surface area contributed by atoms with Crippen molar-refractivity contribution in [2.45, 2.75) is 25.8 Å². The Balaban J connectivity index is 1.92. The van der Waals surface area contributed by atoms with Gasteiger partial charge >= 0.3 is 0 Å². The number of benzene rings is 1. The molecule has 0 radical (unpaired) electrons. The summed E-state index contributed by atoms with van der Waals surface area (Å²) in [7, 11) is 1.71. The maximum atomic E-state index is 5.93. The van der Waals surface area contributed by atoms with Gasteiger partial charge in [0.2, 0.25) is 0 Å². The number of ether oxygens (including phenoxy) is 3. The lowest BCUT2D eigenvalue weighted by Crippen LogP contribution is -2.27. The Bertz CT molecular complexity index is 405. The molecule has 0 saturated carbocycles. The highest BCUT2D eigenvalue weighted by Crippen LogP contribution is 2.25. The molecular weight excluding hydrogens is 266 g/mol. The molecule has 0 aromatic heterocycles. The van der Waals surface area contributed by atoms with Crippen LogP contribution in [0.25, 0.3) is 0 Å². The Morgan fingerprint density at radius 1 is 1.38 bits per heavy atom. The van der Waals surface area contributed by atoms with E-state index in [1.54, 1.807) is 7.11 Å². The van der Waals surface area contributed by atoms with E-state index in [0.29, 0.717) is 12.5 Å². The molecule has 4 nitrogen and oxygen atoms in total. The van der Waals surface area contributed by atoms with Gasteiger partial charge in [-0.25, -0.2) is 0 Å². The van der Waals surface area contributed by atoms with Gasteiger partial charge in [-0.2, -0.15) is 0 Å². The molecule has 0 spiro atoms. The molecule has 0 aliphatic carbocycles. The van der Waals surface area contributed by atoms with Crippen LogP contribution in [-0.4, -0.2) is 40.1 Å². The van der Waals surface area contributed by atoms with Crippen molar-refractivity contribution in [3.05, 3.63) is 29.8 Å². The molecule has 0 bridgehead atoms. The first-order chi connectivity index (χ1) is 10.3. The fourth-order valence-electron chi connectivity index (χ4n) is 2.60. The summed E-state index contributed by atoms with van der Waals surface area (Å²) in [5.74, 6) is 1.47. The first-order valence-corrected chi connectivity index (χ1v) is 7.87. The fraction of sp³-hybridized carbons (Fsp3) is 0.647. The zero-order valence-corrected chi connectivity index (χ0v) is 13.1. The topological polar surface area (TPSA) is 39.7 Å². The molecule has 2 atom stereocenters. The predicted molar refractivity (Wildman–Crippen MR) is 83.8 cm³/mol. The molecule has 21 heavy (non-hydrogen) atoms. The van der Waals surface area contributed by atoms with Crippen LogP contribution in [0.4, 0.5) is 0 Å². The third-order valence-corrected chi connectivity index (χ3v) is 3.82. The largest absolute Gasteiger partial charge is 0.496 e. The Hall–Kier alpha value is -1.10. The van der Waals surface area contributed by atoms with Crippen LogP contribution in [-0.2, 0) is 9.47 Å². The normalized spacial score (nSPS) is 19.6. The van der Waals surface area contributed by atoms with Gasteiger partial charge in [-0.05, 0) is 25.5 Å². The summed E-state index contributed by atoms with van der Waals surface area (Å²) in [6.07, 6.45) is 2.21. The average Bonchev–Trinajstić information content (AvgIpc) is 3.04. The summed E-state index contributed by atoms with van der Waals surface area (Å²) in [6, 6.07) is 8.32. The first kappa shape index (κ1) is 16.3. The van der Waals surface area contributed by atoms with E-state index in [1.807, 2.05) is 18.2 Å². The quantitative estimate of drug-likeness (QED) is 0.760. The van der Waals surface area contributed by atoms with Crippen molar-refractivity contribution < 1.29 is 14.2 Å². The number of nitrogens with one attached hydrogen (secondary N) is 1. The maximum Gasteiger partial charge on any atom is 0.123 e. The Morgan fingerprint density at radius 2 is 2.24 bits per heavy atom. The van der Waals surface area contributed by atoms with Crippen LogP contribution in [0.1, 0.15) is 31.4 Å². The molecule has 1 fully saturated rings. The zero-order chi connectivity index (χ0) is 14.9. The minimum atomic E-state index is 0.170. The van der Waals surface area contributed by atoms with Gasteiger partial charge in [-0.15, -0.1) is 0 Å². The SMILES string of the molecule is CCCNC(COCC1CCOC1)c1ccccc1OC. The van der Waals surface area contributed by atoms with Crippen LogP contribution in [0.15, 0.2) is 24.3 Å². The number of hydrogen-bond acceptors (Lipinski definition) is 4. The van der Waals surface area contributed by atoms with Crippen LogP contribution in [0.5, 0.6) is 5.75 Å².